The monoisotopic (exact) mass is 255 g/mol. The van der Waals surface area contributed by atoms with Gasteiger partial charge in [0.25, 0.3) is 0 Å². The Morgan fingerprint density at radius 2 is 1.94 bits per heavy atom. The van der Waals surface area contributed by atoms with Crippen molar-refractivity contribution in [2.45, 2.75) is 59.4 Å². The predicted octanol–water partition coefficient (Wildman–Crippen LogP) is 3.23. The molecule has 0 aliphatic heterocycles. The second-order valence-corrected chi connectivity index (χ2v) is 6.05. The van der Waals surface area contributed by atoms with Crippen LogP contribution in [0.15, 0.2) is 0 Å². The maximum atomic E-state index is 4.61. The van der Waals surface area contributed by atoms with Crippen LogP contribution in [0.25, 0.3) is 0 Å². The molecular weight excluding hydrogens is 230 g/mol. The molecule has 1 heterocycles. The maximum absolute atomic E-state index is 4.61. The Morgan fingerprint density at radius 3 is 2.41 bits per heavy atom. The fourth-order valence-electron chi connectivity index (χ4n) is 1.65. The summed E-state index contributed by atoms with van der Waals surface area (Å²) in [6.45, 7) is 12.1. The van der Waals surface area contributed by atoms with Crippen molar-refractivity contribution in [3.8, 4) is 0 Å². The van der Waals surface area contributed by atoms with Gasteiger partial charge in [0.2, 0.25) is 0 Å². The summed E-state index contributed by atoms with van der Waals surface area (Å²) in [5.41, 5.74) is 0. The van der Waals surface area contributed by atoms with Gasteiger partial charge in [0, 0.05) is 18.4 Å². The highest BCUT2D eigenvalue weighted by Crippen LogP contribution is 2.16. The number of nitrogens with one attached hydrogen (secondary N) is 1. The lowest BCUT2D eigenvalue weighted by molar-refractivity contribution is 0.396. The van der Waals surface area contributed by atoms with Crippen LogP contribution in [0.2, 0.25) is 0 Å². The number of hydrogen-bond acceptors (Lipinski definition) is 4. The molecule has 0 radical (unpaired) electrons. The van der Waals surface area contributed by atoms with Crippen molar-refractivity contribution in [1.29, 1.82) is 0 Å². The molecule has 1 N–H and O–H groups in total. The van der Waals surface area contributed by atoms with Gasteiger partial charge in [0.1, 0.15) is 10.8 Å². The van der Waals surface area contributed by atoms with E-state index in [1.807, 2.05) is 0 Å². The van der Waals surface area contributed by atoms with Gasteiger partial charge in [-0.3, -0.25) is 0 Å². The van der Waals surface area contributed by atoms with E-state index < -0.39 is 0 Å². The molecule has 98 valence electrons. The van der Waals surface area contributed by atoms with E-state index >= 15 is 0 Å². The van der Waals surface area contributed by atoms with E-state index in [9.17, 15) is 0 Å². The highest BCUT2D eigenvalue weighted by atomic mass is 32.1. The van der Waals surface area contributed by atoms with Crippen molar-refractivity contribution in [3.63, 3.8) is 0 Å². The van der Waals surface area contributed by atoms with Gasteiger partial charge >= 0.3 is 0 Å². The summed E-state index contributed by atoms with van der Waals surface area (Å²) in [6, 6.07) is 0.517. The molecule has 4 heteroatoms. The average molecular weight is 255 g/mol. The van der Waals surface area contributed by atoms with E-state index in [4.69, 9.17) is 0 Å². The smallest absolute Gasteiger partial charge is 0.145 e. The minimum atomic E-state index is 0.432. The average Bonchev–Trinajstić information content (AvgIpc) is 2.72. The molecule has 3 nitrogen and oxygen atoms in total. The molecule has 1 unspecified atom stereocenters. The normalized spacial score (nSPS) is 13.6. The third-order valence-corrected chi connectivity index (χ3v) is 3.60. The Kier molecular flexibility index (Phi) is 6.06. The summed E-state index contributed by atoms with van der Waals surface area (Å²) < 4.78 is 4.41. The van der Waals surface area contributed by atoms with Gasteiger partial charge in [-0.25, -0.2) is 4.98 Å². The van der Waals surface area contributed by atoms with E-state index in [2.05, 4.69) is 49.3 Å². The molecular formula is C13H25N3S. The van der Waals surface area contributed by atoms with Gasteiger partial charge in [0.05, 0.1) is 0 Å². The van der Waals surface area contributed by atoms with Crippen LogP contribution < -0.4 is 5.32 Å². The second-order valence-electron chi connectivity index (χ2n) is 5.21. The lowest BCUT2D eigenvalue weighted by Crippen LogP contribution is -2.36. The third-order valence-electron chi connectivity index (χ3n) is 2.86. The Bertz CT molecular complexity index is 320. The summed E-state index contributed by atoms with van der Waals surface area (Å²) in [5.74, 6) is 2.05. The highest BCUT2D eigenvalue weighted by molar-refractivity contribution is 7.05. The summed E-state index contributed by atoms with van der Waals surface area (Å²) in [6.07, 6.45) is 2.18. The van der Waals surface area contributed by atoms with E-state index in [1.165, 1.54) is 6.42 Å². The summed E-state index contributed by atoms with van der Waals surface area (Å²) in [4.78, 5) is 4.61. The molecule has 0 aliphatic carbocycles. The highest BCUT2D eigenvalue weighted by Gasteiger charge is 2.16. The van der Waals surface area contributed by atoms with Crippen LogP contribution in [0.4, 0.5) is 0 Å². The first kappa shape index (κ1) is 14.6. The van der Waals surface area contributed by atoms with Gasteiger partial charge in [-0.1, -0.05) is 34.6 Å². The Morgan fingerprint density at radius 1 is 1.24 bits per heavy atom. The fourth-order valence-corrected chi connectivity index (χ4v) is 2.49. The minimum Gasteiger partial charge on any atom is -0.313 e. The van der Waals surface area contributed by atoms with E-state index in [0.29, 0.717) is 17.9 Å². The third kappa shape index (κ3) is 4.72. The van der Waals surface area contributed by atoms with Crippen molar-refractivity contribution in [2.75, 3.05) is 6.54 Å². The van der Waals surface area contributed by atoms with Gasteiger partial charge < -0.3 is 5.32 Å². The van der Waals surface area contributed by atoms with Crippen molar-refractivity contribution >= 4 is 11.5 Å². The van der Waals surface area contributed by atoms with E-state index in [0.717, 1.165) is 23.8 Å². The van der Waals surface area contributed by atoms with Crippen molar-refractivity contribution in [2.24, 2.45) is 5.92 Å². The van der Waals surface area contributed by atoms with Gasteiger partial charge in [-0.05, 0) is 30.4 Å². The van der Waals surface area contributed by atoms with Gasteiger partial charge in [-0.2, -0.15) is 4.37 Å². The van der Waals surface area contributed by atoms with Gasteiger partial charge in [-0.15, -0.1) is 0 Å². The van der Waals surface area contributed by atoms with Crippen LogP contribution in [-0.2, 0) is 6.42 Å². The zero-order valence-electron chi connectivity index (χ0n) is 11.7. The predicted molar refractivity (Wildman–Crippen MR) is 74.6 cm³/mol. The zero-order chi connectivity index (χ0) is 12.8. The molecule has 0 saturated heterocycles. The first-order chi connectivity index (χ1) is 8.04. The SMILES string of the molecule is CCCNC(Cc1nc(C(C)C)ns1)C(C)C. The molecule has 0 amide bonds. The minimum absolute atomic E-state index is 0.432. The lowest BCUT2D eigenvalue weighted by Gasteiger charge is -2.20. The second kappa shape index (κ2) is 7.07. The Labute approximate surface area is 109 Å². The van der Waals surface area contributed by atoms with Crippen LogP contribution in [0, 0.1) is 5.92 Å². The molecule has 1 aromatic rings. The van der Waals surface area contributed by atoms with Crippen molar-refractivity contribution in [3.05, 3.63) is 10.8 Å². The molecule has 0 saturated carbocycles. The van der Waals surface area contributed by atoms with Crippen LogP contribution in [0.5, 0.6) is 0 Å². The summed E-state index contributed by atoms with van der Waals surface area (Å²) in [5, 5.41) is 4.76. The largest absolute Gasteiger partial charge is 0.313 e. The Hall–Kier alpha value is -0.480. The first-order valence-electron chi connectivity index (χ1n) is 6.60. The molecule has 1 aromatic heterocycles. The lowest BCUT2D eigenvalue weighted by atomic mass is 10.0. The molecule has 1 rings (SSSR count). The first-order valence-corrected chi connectivity index (χ1v) is 7.37. The molecule has 17 heavy (non-hydrogen) atoms. The van der Waals surface area contributed by atoms with E-state index in [-0.39, 0.29) is 0 Å². The number of rotatable bonds is 7. The van der Waals surface area contributed by atoms with Crippen molar-refractivity contribution in [1.82, 2.24) is 14.7 Å². The van der Waals surface area contributed by atoms with Crippen molar-refractivity contribution < 1.29 is 0 Å². The fraction of sp³-hybridized carbons (Fsp3) is 0.846. The van der Waals surface area contributed by atoms with Crippen LogP contribution in [-0.4, -0.2) is 21.9 Å². The quantitative estimate of drug-likeness (QED) is 0.813. The molecule has 0 bridgehead atoms. The molecule has 0 fully saturated rings. The molecule has 0 aliphatic rings. The summed E-state index contributed by atoms with van der Waals surface area (Å²) >= 11 is 1.56. The number of hydrogen-bond donors (Lipinski definition) is 1. The zero-order valence-corrected chi connectivity index (χ0v) is 12.5. The number of aromatic nitrogens is 2. The summed E-state index contributed by atoms with van der Waals surface area (Å²) in [7, 11) is 0. The van der Waals surface area contributed by atoms with Crippen LogP contribution >= 0.6 is 11.5 Å². The van der Waals surface area contributed by atoms with E-state index in [1.54, 1.807) is 11.5 Å². The molecule has 0 spiro atoms. The van der Waals surface area contributed by atoms with Crippen LogP contribution in [0.3, 0.4) is 0 Å². The standard InChI is InChI=1S/C13H25N3S/c1-6-7-14-11(9(2)3)8-12-15-13(10(4)5)16-17-12/h9-11,14H,6-8H2,1-5H3. The Balaban J connectivity index is 2.58. The molecule has 1 atom stereocenters. The molecule has 0 aromatic carbocycles. The topological polar surface area (TPSA) is 37.8 Å². The van der Waals surface area contributed by atoms with Crippen LogP contribution in [0.1, 0.15) is 57.8 Å². The number of nitrogens with zero attached hydrogens (tertiary/aromatic N) is 2. The van der Waals surface area contributed by atoms with Gasteiger partial charge in [0.15, 0.2) is 0 Å². The maximum Gasteiger partial charge on any atom is 0.145 e.